The summed E-state index contributed by atoms with van der Waals surface area (Å²) < 4.78 is 21.6. The number of anilines is 2. The van der Waals surface area contributed by atoms with Gasteiger partial charge in [0.05, 0.1) is 26.9 Å². The molecule has 1 fully saturated rings. The number of ether oxygens (including phenoxy) is 3. The number of benzene rings is 2. The second-order valence-corrected chi connectivity index (χ2v) is 6.61. The molecule has 0 amide bonds. The number of piperazine rings is 1. The van der Waals surface area contributed by atoms with Gasteiger partial charge in [0.1, 0.15) is 5.75 Å². The zero-order valence-corrected chi connectivity index (χ0v) is 16.8. The Labute approximate surface area is 169 Å². The van der Waals surface area contributed by atoms with E-state index in [0.29, 0.717) is 23.3 Å². The van der Waals surface area contributed by atoms with Crippen LogP contribution in [-0.2, 0) is 0 Å². The lowest BCUT2D eigenvalue weighted by molar-refractivity contribution is 0.355. The maximum Gasteiger partial charge on any atom is 0.324 e. The number of hydrogen-bond donors (Lipinski definition) is 0. The molecule has 2 aromatic carbocycles. The van der Waals surface area contributed by atoms with Crippen molar-refractivity contribution in [2.45, 2.75) is 0 Å². The van der Waals surface area contributed by atoms with Gasteiger partial charge in [-0.1, -0.05) is 11.2 Å². The molecule has 1 aromatic heterocycles. The number of rotatable bonds is 6. The predicted octanol–water partition coefficient (Wildman–Crippen LogP) is 3.09. The average Bonchev–Trinajstić information content (AvgIpc) is 3.28. The highest BCUT2D eigenvalue weighted by Crippen LogP contribution is 2.37. The Kier molecular flexibility index (Phi) is 5.41. The molecule has 0 aliphatic carbocycles. The van der Waals surface area contributed by atoms with E-state index < -0.39 is 0 Å². The average molecular weight is 396 g/mol. The Morgan fingerprint density at radius 1 is 0.828 bits per heavy atom. The SMILES string of the molecule is COc1ccc(N2CCN(c3nc(-c4cccc(OC)c4OC)no3)CC2)cc1. The molecule has 0 spiro atoms. The van der Waals surface area contributed by atoms with Crippen LogP contribution in [0.2, 0.25) is 0 Å². The molecule has 3 aromatic rings. The minimum Gasteiger partial charge on any atom is -0.497 e. The topological polar surface area (TPSA) is 73.1 Å². The highest BCUT2D eigenvalue weighted by molar-refractivity contribution is 5.69. The molecule has 0 atom stereocenters. The lowest BCUT2D eigenvalue weighted by atomic mass is 10.2. The maximum atomic E-state index is 5.54. The van der Waals surface area contributed by atoms with Crippen LogP contribution in [0, 0.1) is 0 Å². The van der Waals surface area contributed by atoms with Crippen LogP contribution in [0.15, 0.2) is 47.0 Å². The van der Waals surface area contributed by atoms with Crippen molar-refractivity contribution in [1.29, 1.82) is 0 Å². The normalized spacial score (nSPS) is 14.0. The molecule has 4 rings (SSSR count). The summed E-state index contributed by atoms with van der Waals surface area (Å²) in [6.45, 7) is 3.32. The molecule has 1 aliphatic heterocycles. The van der Waals surface area contributed by atoms with Crippen LogP contribution in [0.1, 0.15) is 0 Å². The third-order valence-electron chi connectivity index (χ3n) is 5.05. The molecular formula is C21H24N4O4. The molecule has 1 aliphatic rings. The number of methoxy groups -OCH3 is 3. The van der Waals surface area contributed by atoms with Crippen LogP contribution < -0.4 is 24.0 Å². The quantitative estimate of drug-likeness (QED) is 0.629. The monoisotopic (exact) mass is 396 g/mol. The van der Waals surface area contributed by atoms with Gasteiger partial charge < -0.3 is 28.5 Å². The van der Waals surface area contributed by atoms with E-state index in [2.05, 4.69) is 32.1 Å². The summed E-state index contributed by atoms with van der Waals surface area (Å²) in [6.07, 6.45) is 0. The van der Waals surface area contributed by atoms with E-state index >= 15 is 0 Å². The Hall–Kier alpha value is -3.42. The summed E-state index contributed by atoms with van der Waals surface area (Å²) in [6, 6.07) is 14.2. The van der Waals surface area contributed by atoms with Gasteiger partial charge in [-0.15, -0.1) is 0 Å². The molecule has 2 heterocycles. The van der Waals surface area contributed by atoms with E-state index in [0.717, 1.165) is 37.5 Å². The first kappa shape index (κ1) is 18.9. The molecule has 152 valence electrons. The second-order valence-electron chi connectivity index (χ2n) is 6.61. The Morgan fingerprint density at radius 2 is 1.55 bits per heavy atom. The number of nitrogens with zero attached hydrogens (tertiary/aromatic N) is 4. The smallest absolute Gasteiger partial charge is 0.324 e. The van der Waals surface area contributed by atoms with Crippen molar-refractivity contribution < 1.29 is 18.7 Å². The Morgan fingerprint density at radius 3 is 2.21 bits per heavy atom. The molecule has 29 heavy (non-hydrogen) atoms. The summed E-state index contributed by atoms with van der Waals surface area (Å²) in [7, 11) is 4.87. The highest BCUT2D eigenvalue weighted by atomic mass is 16.5. The predicted molar refractivity (Wildman–Crippen MR) is 110 cm³/mol. The van der Waals surface area contributed by atoms with Crippen LogP contribution >= 0.6 is 0 Å². The van der Waals surface area contributed by atoms with E-state index in [9.17, 15) is 0 Å². The molecule has 0 N–H and O–H groups in total. The van der Waals surface area contributed by atoms with Crippen molar-refractivity contribution in [2.24, 2.45) is 0 Å². The van der Waals surface area contributed by atoms with Gasteiger partial charge in [-0.3, -0.25) is 0 Å². The summed E-state index contributed by atoms with van der Waals surface area (Å²) in [5.74, 6) is 2.56. The van der Waals surface area contributed by atoms with Gasteiger partial charge in [0.15, 0.2) is 11.5 Å². The summed E-state index contributed by atoms with van der Waals surface area (Å²) in [4.78, 5) is 9.02. The van der Waals surface area contributed by atoms with E-state index in [1.807, 2.05) is 30.3 Å². The fourth-order valence-corrected chi connectivity index (χ4v) is 3.47. The molecule has 8 heteroatoms. The van der Waals surface area contributed by atoms with E-state index in [4.69, 9.17) is 18.7 Å². The van der Waals surface area contributed by atoms with Crippen molar-refractivity contribution in [2.75, 3.05) is 57.3 Å². The summed E-state index contributed by atoms with van der Waals surface area (Å²) in [5, 5.41) is 4.15. The van der Waals surface area contributed by atoms with Crippen molar-refractivity contribution in [3.8, 4) is 28.6 Å². The molecule has 0 saturated carbocycles. The third-order valence-corrected chi connectivity index (χ3v) is 5.05. The minimum absolute atomic E-state index is 0.480. The van der Waals surface area contributed by atoms with Gasteiger partial charge in [0.25, 0.3) is 0 Å². The number of hydrogen-bond acceptors (Lipinski definition) is 8. The molecule has 0 unspecified atom stereocenters. The summed E-state index contributed by atoms with van der Waals surface area (Å²) in [5.41, 5.74) is 1.91. The van der Waals surface area contributed by atoms with Crippen LogP contribution in [-0.4, -0.2) is 57.6 Å². The van der Waals surface area contributed by atoms with Gasteiger partial charge in [-0.2, -0.15) is 4.98 Å². The van der Waals surface area contributed by atoms with Crippen LogP contribution in [0.3, 0.4) is 0 Å². The van der Waals surface area contributed by atoms with Gasteiger partial charge in [-0.25, -0.2) is 0 Å². The number of para-hydroxylation sites is 1. The standard InChI is InChI=1S/C21H24N4O4/c1-26-16-9-7-15(8-10-16)24-11-13-25(14-12-24)21-22-20(23-29-21)17-5-4-6-18(27-2)19(17)28-3/h4-10H,11-14H2,1-3H3. The third kappa shape index (κ3) is 3.78. The first-order chi connectivity index (χ1) is 14.2. The first-order valence-electron chi connectivity index (χ1n) is 9.42. The van der Waals surface area contributed by atoms with Crippen LogP contribution in [0.5, 0.6) is 17.2 Å². The molecule has 0 radical (unpaired) electrons. The van der Waals surface area contributed by atoms with E-state index in [-0.39, 0.29) is 0 Å². The fraction of sp³-hybridized carbons (Fsp3) is 0.333. The zero-order valence-electron chi connectivity index (χ0n) is 16.8. The molecular weight excluding hydrogens is 372 g/mol. The largest absolute Gasteiger partial charge is 0.497 e. The highest BCUT2D eigenvalue weighted by Gasteiger charge is 2.23. The van der Waals surface area contributed by atoms with Gasteiger partial charge in [0.2, 0.25) is 5.82 Å². The number of aromatic nitrogens is 2. The van der Waals surface area contributed by atoms with Crippen molar-refractivity contribution in [3.05, 3.63) is 42.5 Å². The van der Waals surface area contributed by atoms with E-state index in [1.165, 1.54) is 5.69 Å². The van der Waals surface area contributed by atoms with Gasteiger partial charge in [-0.05, 0) is 36.4 Å². The Bertz CT molecular complexity index is 950. The van der Waals surface area contributed by atoms with Gasteiger partial charge >= 0.3 is 6.01 Å². The summed E-state index contributed by atoms with van der Waals surface area (Å²) >= 11 is 0. The van der Waals surface area contributed by atoms with Crippen molar-refractivity contribution in [3.63, 3.8) is 0 Å². The maximum absolute atomic E-state index is 5.54. The second kappa shape index (κ2) is 8.30. The van der Waals surface area contributed by atoms with Crippen molar-refractivity contribution >= 4 is 11.7 Å². The molecule has 8 nitrogen and oxygen atoms in total. The van der Waals surface area contributed by atoms with Crippen LogP contribution in [0.25, 0.3) is 11.4 Å². The minimum atomic E-state index is 0.480. The zero-order chi connectivity index (χ0) is 20.2. The lowest BCUT2D eigenvalue weighted by Crippen LogP contribution is -2.46. The Balaban J connectivity index is 1.46. The fourth-order valence-electron chi connectivity index (χ4n) is 3.47. The van der Waals surface area contributed by atoms with Crippen molar-refractivity contribution in [1.82, 2.24) is 10.1 Å². The van der Waals surface area contributed by atoms with Gasteiger partial charge in [0, 0.05) is 31.9 Å². The first-order valence-corrected chi connectivity index (χ1v) is 9.42. The molecule has 0 bridgehead atoms. The van der Waals surface area contributed by atoms with Crippen LogP contribution in [0.4, 0.5) is 11.7 Å². The molecule has 1 saturated heterocycles. The lowest BCUT2D eigenvalue weighted by Gasteiger charge is -2.35. The van der Waals surface area contributed by atoms with E-state index in [1.54, 1.807) is 21.3 Å².